The van der Waals surface area contributed by atoms with Gasteiger partial charge in [0.15, 0.2) is 17.3 Å². The van der Waals surface area contributed by atoms with Crippen LogP contribution in [0.2, 0.25) is 5.02 Å². The molecule has 0 aliphatic carbocycles. The summed E-state index contributed by atoms with van der Waals surface area (Å²) in [5.41, 5.74) is -1.81. The molecule has 3 aromatic heterocycles. The molecule has 2 atom stereocenters. The molecule has 3 amide bonds. The number of anilines is 1. The lowest BCUT2D eigenvalue weighted by atomic mass is 10.0. The lowest BCUT2D eigenvalue weighted by Gasteiger charge is -2.38. The molecule has 0 bridgehead atoms. The number of hydrogen-bond acceptors (Lipinski definition) is 10. The third kappa shape index (κ3) is 7.40. The first kappa shape index (κ1) is 35.4. The average molecular weight is 731 g/mol. The minimum atomic E-state index is -4.91. The van der Waals surface area contributed by atoms with Crippen LogP contribution in [0, 0.1) is 10.1 Å². The van der Waals surface area contributed by atoms with Crippen LogP contribution in [0.15, 0.2) is 48.9 Å². The van der Waals surface area contributed by atoms with E-state index < -0.39 is 40.4 Å². The second-order valence-electron chi connectivity index (χ2n) is 11.9. The number of aliphatic hydroxyl groups is 1. The Balaban J connectivity index is 1.13. The van der Waals surface area contributed by atoms with Crippen LogP contribution in [0.4, 0.5) is 24.5 Å². The number of pyridine rings is 1. The Morgan fingerprint density at radius 2 is 1.80 bits per heavy atom. The minimum Gasteiger partial charge on any atom is -0.393 e. The third-order valence-electron chi connectivity index (χ3n) is 8.64. The molecule has 1 unspecified atom stereocenters. The van der Waals surface area contributed by atoms with Gasteiger partial charge in [0.1, 0.15) is 6.20 Å². The highest BCUT2D eigenvalue weighted by atomic mass is 35.5. The highest BCUT2D eigenvalue weighted by Gasteiger charge is 2.39. The van der Waals surface area contributed by atoms with Crippen molar-refractivity contribution in [3.05, 3.63) is 81.1 Å². The molecule has 5 heterocycles. The van der Waals surface area contributed by atoms with Crippen molar-refractivity contribution in [3.63, 3.8) is 0 Å². The summed E-state index contributed by atoms with van der Waals surface area (Å²) in [5.74, 6) is -1.62. The van der Waals surface area contributed by atoms with Gasteiger partial charge in [-0.15, -0.1) is 0 Å². The summed E-state index contributed by atoms with van der Waals surface area (Å²) in [5, 5.41) is 30.2. The van der Waals surface area contributed by atoms with Crippen LogP contribution in [0.3, 0.4) is 0 Å². The van der Waals surface area contributed by atoms with Crippen molar-refractivity contribution in [2.24, 2.45) is 7.05 Å². The van der Waals surface area contributed by atoms with Crippen LogP contribution < -0.4 is 10.6 Å². The summed E-state index contributed by atoms with van der Waals surface area (Å²) in [7, 11) is 1.34. The third-order valence-corrected chi connectivity index (χ3v) is 8.95. The zero-order valence-corrected chi connectivity index (χ0v) is 27.6. The first-order valence-electron chi connectivity index (χ1n) is 15.6. The molecule has 0 saturated carbocycles. The molecule has 268 valence electrons. The first-order valence-corrected chi connectivity index (χ1v) is 16.0. The number of imidazole rings is 1. The number of amides is 3. The smallest absolute Gasteiger partial charge is 0.393 e. The van der Waals surface area contributed by atoms with Crippen LogP contribution in [0.25, 0.3) is 17.1 Å². The summed E-state index contributed by atoms with van der Waals surface area (Å²) in [6.45, 7) is 1.73. The highest BCUT2D eigenvalue weighted by Crippen LogP contribution is 2.37. The standard InChI is InChI=1S/C31H30ClF3N10O6/c1-41-24(21-16-44(40-26(21)31(33,34)35)25-5-3-18(14-37-25)45(50)51)15-38-27(41)28(47)39-17-2-4-20(22(32)12-17)29(48)42-8-10-43(11-9-42)30(49)23-13-19(46)6-7-36-23/h2-5,12,14-16,19,23,36,46H,6-11,13H2,1H3,(H,39,47)/t19?,23-/m0/s1. The normalized spacial score (nSPS) is 18.1. The molecule has 1 aromatic carbocycles. The summed E-state index contributed by atoms with van der Waals surface area (Å²) >= 11 is 6.45. The van der Waals surface area contributed by atoms with Gasteiger partial charge in [-0.3, -0.25) is 24.5 Å². The van der Waals surface area contributed by atoms with Crippen molar-refractivity contribution in [2.45, 2.75) is 31.2 Å². The number of halogens is 4. The van der Waals surface area contributed by atoms with Gasteiger partial charge in [-0.25, -0.2) is 14.6 Å². The van der Waals surface area contributed by atoms with Gasteiger partial charge < -0.3 is 30.1 Å². The van der Waals surface area contributed by atoms with Gasteiger partial charge in [-0.2, -0.15) is 18.3 Å². The Morgan fingerprint density at radius 1 is 1.08 bits per heavy atom. The molecular formula is C31H30ClF3N10O6. The predicted molar refractivity (Wildman–Crippen MR) is 174 cm³/mol. The number of nitro groups is 1. The first-order chi connectivity index (χ1) is 24.2. The molecule has 3 N–H and O–H groups in total. The fourth-order valence-electron chi connectivity index (χ4n) is 5.94. The Morgan fingerprint density at radius 3 is 2.43 bits per heavy atom. The van der Waals surface area contributed by atoms with Crippen molar-refractivity contribution in [2.75, 3.05) is 38.0 Å². The van der Waals surface area contributed by atoms with E-state index in [9.17, 15) is 42.8 Å². The highest BCUT2D eigenvalue weighted by molar-refractivity contribution is 6.34. The molecule has 51 heavy (non-hydrogen) atoms. The zero-order valence-electron chi connectivity index (χ0n) is 26.8. The van der Waals surface area contributed by atoms with Gasteiger partial charge in [0, 0.05) is 51.2 Å². The van der Waals surface area contributed by atoms with Crippen molar-refractivity contribution in [1.29, 1.82) is 0 Å². The lowest BCUT2D eigenvalue weighted by molar-refractivity contribution is -0.385. The summed E-state index contributed by atoms with van der Waals surface area (Å²) in [6.07, 6.45) is -1.52. The molecule has 20 heteroatoms. The Kier molecular flexibility index (Phi) is 9.78. The molecule has 0 radical (unpaired) electrons. The minimum absolute atomic E-state index is 0.0410. The van der Waals surface area contributed by atoms with E-state index in [4.69, 9.17) is 11.6 Å². The van der Waals surface area contributed by atoms with Gasteiger partial charge in [-0.1, -0.05) is 11.6 Å². The number of piperidine rings is 1. The zero-order chi connectivity index (χ0) is 36.6. The Hall–Kier alpha value is -5.40. The van der Waals surface area contributed by atoms with E-state index in [1.54, 1.807) is 9.80 Å². The molecule has 2 fully saturated rings. The van der Waals surface area contributed by atoms with Gasteiger partial charge in [0.25, 0.3) is 17.5 Å². The predicted octanol–water partition coefficient (Wildman–Crippen LogP) is 2.90. The molecule has 0 spiro atoms. The maximum Gasteiger partial charge on any atom is 0.435 e. The number of carbonyl (C=O) groups excluding carboxylic acids is 3. The molecule has 2 saturated heterocycles. The average Bonchev–Trinajstić information content (AvgIpc) is 3.72. The van der Waals surface area contributed by atoms with Crippen LogP contribution in [0.1, 0.15) is 39.5 Å². The maximum absolute atomic E-state index is 14.0. The van der Waals surface area contributed by atoms with Gasteiger partial charge in [-0.05, 0) is 43.7 Å². The number of hydrogen-bond donors (Lipinski definition) is 3. The summed E-state index contributed by atoms with van der Waals surface area (Å²) in [6, 6.07) is 6.00. The lowest BCUT2D eigenvalue weighted by Crippen LogP contribution is -2.57. The van der Waals surface area contributed by atoms with Crippen molar-refractivity contribution in [3.8, 4) is 17.1 Å². The summed E-state index contributed by atoms with van der Waals surface area (Å²) < 4.78 is 44.1. The quantitative estimate of drug-likeness (QED) is 0.188. The van der Waals surface area contributed by atoms with Crippen LogP contribution in [-0.2, 0) is 18.0 Å². The van der Waals surface area contributed by atoms with E-state index in [1.165, 1.54) is 25.2 Å². The van der Waals surface area contributed by atoms with E-state index in [1.807, 2.05) is 0 Å². The van der Waals surface area contributed by atoms with Gasteiger partial charge in [0.05, 0.1) is 45.1 Å². The number of benzene rings is 1. The molecular weight excluding hydrogens is 701 g/mol. The largest absolute Gasteiger partial charge is 0.435 e. The van der Waals surface area contributed by atoms with Crippen LogP contribution in [0.5, 0.6) is 0 Å². The number of aliphatic hydroxyl groups excluding tert-OH is 1. The van der Waals surface area contributed by atoms with E-state index in [2.05, 4.69) is 25.7 Å². The monoisotopic (exact) mass is 730 g/mol. The van der Waals surface area contributed by atoms with Crippen LogP contribution >= 0.6 is 11.6 Å². The molecule has 2 aliphatic rings. The second-order valence-corrected chi connectivity index (χ2v) is 12.3. The number of carbonyl (C=O) groups is 3. The van der Waals surface area contributed by atoms with Crippen LogP contribution in [-0.4, -0.2) is 107 Å². The van der Waals surface area contributed by atoms with Gasteiger partial charge in [0.2, 0.25) is 5.91 Å². The number of rotatable bonds is 7. The molecule has 2 aliphatic heterocycles. The molecule has 6 rings (SSSR count). The molecule has 16 nitrogen and oxygen atoms in total. The van der Waals surface area contributed by atoms with Crippen molar-refractivity contribution < 1.29 is 37.6 Å². The number of nitrogens with zero attached hydrogens (tertiary/aromatic N) is 8. The Bertz CT molecular complexity index is 1990. The van der Waals surface area contributed by atoms with E-state index in [-0.39, 0.29) is 64.2 Å². The number of nitrogens with one attached hydrogen (secondary N) is 2. The second kappa shape index (κ2) is 14.1. The van der Waals surface area contributed by atoms with E-state index in [0.29, 0.717) is 32.5 Å². The van der Waals surface area contributed by atoms with E-state index in [0.717, 1.165) is 40.0 Å². The van der Waals surface area contributed by atoms with Crippen molar-refractivity contribution >= 4 is 40.7 Å². The Labute approximate surface area is 292 Å². The fraction of sp³-hybridized carbons (Fsp3) is 0.355. The SMILES string of the molecule is Cn1c(-c2cn(-c3ccc([N+](=O)[O-])cn3)nc2C(F)(F)F)cnc1C(=O)Nc1ccc(C(=O)N2CCN(C(=O)[C@@H]3CC(O)CCN3)CC2)c(Cl)c1. The molecule has 4 aromatic rings. The fourth-order valence-corrected chi connectivity index (χ4v) is 6.20. The van der Waals surface area contributed by atoms with Gasteiger partial charge >= 0.3 is 6.18 Å². The van der Waals surface area contributed by atoms with E-state index >= 15 is 0 Å². The number of piperazine rings is 1. The number of aromatic nitrogens is 5. The topological polar surface area (TPSA) is 194 Å². The maximum atomic E-state index is 14.0. The number of alkyl halides is 3. The summed E-state index contributed by atoms with van der Waals surface area (Å²) in [4.78, 5) is 60.7. The van der Waals surface area contributed by atoms with Crippen molar-refractivity contribution in [1.82, 2.24) is 39.4 Å².